The van der Waals surface area contributed by atoms with Crippen molar-refractivity contribution in [1.82, 2.24) is 0 Å². The van der Waals surface area contributed by atoms with Gasteiger partial charge in [0.05, 0.1) is 5.56 Å². The van der Waals surface area contributed by atoms with Crippen LogP contribution in [0.15, 0.2) is 24.3 Å². The molecule has 0 atom stereocenters. The molecule has 1 rings (SSSR count). The van der Waals surface area contributed by atoms with E-state index in [9.17, 15) is 4.79 Å². The smallest absolute Gasteiger partial charge is 1.00 e. The van der Waals surface area contributed by atoms with Crippen molar-refractivity contribution in [2.75, 3.05) is 0 Å². The van der Waals surface area contributed by atoms with Gasteiger partial charge in [-0.1, -0.05) is 0 Å². The molecule has 0 saturated heterocycles. The summed E-state index contributed by atoms with van der Waals surface area (Å²) in [6.45, 7) is 0. The van der Waals surface area contributed by atoms with Crippen LogP contribution < -0.4 is 42.0 Å². The van der Waals surface area contributed by atoms with Crippen LogP contribution in [0.1, 0.15) is 10.4 Å². The van der Waals surface area contributed by atoms with Crippen molar-refractivity contribution in [1.29, 1.82) is 0 Å². The maximum Gasteiger partial charge on any atom is 1.00 e. The number of phenolic OH excluding ortho intramolecular Hbond substituents is 1. The van der Waals surface area contributed by atoms with Crippen molar-refractivity contribution in [2.45, 2.75) is 0 Å². The molecule has 0 radical (unpaired) electrons. The summed E-state index contributed by atoms with van der Waals surface area (Å²) < 4.78 is 0. The normalized spacial score (nSPS) is 7.67. The molecule has 0 amide bonds. The molecule has 3 nitrogen and oxygen atoms in total. The molecule has 12 heavy (non-hydrogen) atoms. The largest absolute Gasteiger partial charge is 1.00 e. The number of hydrogen-bond acceptors (Lipinski definition) is 2. The van der Waals surface area contributed by atoms with Crippen LogP contribution in [0, 0.1) is 0 Å². The molecule has 0 aliphatic heterocycles. The van der Waals surface area contributed by atoms with E-state index in [4.69, 9.17) is 10.2 Å². The minimum absolute atomic E-state index is 0. The summed E-state index contributed by atoms with van der Waals surface area (Å²) in [7, 11) is 0. The van der Waals surface area contributed by atoms with Crippen LogP contribution in [0.2, 0.25) is 0 Å². The van der Waals surface area contributed by atoms with E-state index in [0.717, 1.165) is 0 Å². The van der Waals surface area contributed by atoms with Crippen LogP contribution in [-0.4, -0.2) is 16.2 Å². The Kier molecular flexibility index (Phi) is 7.53. The van der Waals surface area contributed by atoms with Gasteiger partial charge in [-0.25, -0.2) is 4.79 Å². The van der Waals surface area contributed by atoms with Crippen molar-refractivity contribution < 1.29 is 57.0 Å². The van der Waals surface area contributed by atoms with Gasteiger partial charge in [0.15, 0.2) is 0 Å². The predicted octanol–water partition coefficient (Wildman–Crippen LogP) is -4.90. The molecule has 0 aliphatic carbocycles. The second kappa shape index (κ2) is 6.31. The third-order valence-electron chi connectivity index (χ3n) is 1.11. The third-order valence-corrected chi connectivity index (χ3v) is 1.11. The predicted molar refractivity (Wildman–Crippen MR) is 35.1 cm³/mol. The first-order chi connectivity index (χ1) is 4.70. The Balaban J connectivity index is 0. The van der Waals surface area contributed by atoms with Gasteiger partial charge in [-0.2, -0.15) is 0 Å². The molecule has 0 fully saturated rings. The number of halogens is 1. The van der Waals surface area contributed by atoms with E-state index in [1.807, 2.05) is 0 Å². The molecule has 60 valence electrons. The van der Waals surface area contributed by atoms with Gasteiger partial charge in [0.1, 0.15) is 5.75 Å². The first kappa shape index (κ1) is 14.3. The van der Waals surface area contributed by atoms with Crippen LogP contribution in [0.3, 0.4) is 0 Å². The Morgan fingerprint density at radius 1 is 1.17 bits per heavy atom. The fourth-order valence-corrected chi connectivity index (χ4v) is 0.604. The average molecular weight is 197 g/mol. The van der Waals surface area contributed by atoms with Gasteiger partial charge in [-0.15, -0.1) is 0 Å². The Hall–Kier alpha value is -0.220. The summed E-state index contributed by atoms with van der Waals surface area (Å²) >= 11 is 0. The number of carboxylic acid groups (broad SMARTS) is 1. The first-order valence-electron chi connectivity index (χ1n) is 2.72. The Bertz CT molecular complexity index is 247. The van der Waals surface area contributed by atoms with Crippen LogP contribution in [0.4, 0.5) is 0 Å². The van der Waals surface area contributed by atoms with E-state index in [0.29, 0.717) is 0 Å². The van der Waals surface area contributed by atoms with Crippen LogP contribution in [-0.2, 0) is 0 Å². The first-order valence-corrected chi connectivity index (χ1v) is 2.72. The third kappa shape index (κ3) is 3.97. The average Bonchev–Trinajstić information content (AvgIpc) is 1.88. The number of carbonyl (C=O) groups is 1. The van der Waals surface area contributed by atoms with Gasteiger partial charge in [0.2, 0.25) is 0 Å². The van der Waals surface area contributed by atoms with E-state index in [-0.39, 0.29) is 53.3 Å². The summed E-state index contributed by atoms with van der Waals surface area (Å²) in [5, 5.41) is 17.1. The van der Waals surface area contributed by atoms with Crippen LogP contribution in [0.5, 0.6) is 5.75 Å². The van der Waals surface area contributed by atoms with Gasteiger partial charge in [0, 0.05) is 0 Å². The van der Waals surface area contributed by atoms with Gasteiger partial charge in [-0.3, -0.25) is 0 Å². The topological polar surface area (TPSA) is 57.5 Å². The standard InChI is InChI=1S/C7H6O3.ClH.Na/c8-6-3-1-5(2-4-6)7(9)10;;/h1-4,8H,(H,9,10);1H;/q;;+1/p-1. The number of hydrogen-bond donors (Lipinski definition) is 2. The van der Waals surface area contributed by atoms with E-state index in [1.165, 1.54) is 24.3 Å². The minimum Gasteiger partial charge on any atom is -1.00 e. The van der Waals surface area contributed by atoms with Crippen molar-refractivity contribution in [3.8, 4) is 5.75 Å². The van der Waals surface area contributed by atoms with Crippen LogP contribution >= 0.6 is 0 Å². The monoisotopic (exact) mass is 196 g/mol. The Labute approximate surface area is 98.1 Å². The fourth-order valence-electron chi connectivity index (χ4n) is 0.604. The molecule has 1 aromatic carbocycles. The van der Waals surface area contributed by atoms with Gasteiger partial charge in [0.25, 0.3) is 0 Å². The SMILES string of the molecule is O=C(O)c1ccc(O)cc1.[Cl-].[Na+]. The maximum atomic E-state index is 10.2. The summed E-state index contributed by atoms with van der Waals surface area (Å²) in [4.78, 5) is 10.2. The molecule has 0 bridgehead atoms. The molecule has 0 spiro atoms. The Morgan fingerprint density at radius 2 is 1.58 bits per heavy atom. The van der Waals surface area contributed by atoms with Gasteiger partial charge < -0.3 is 22.6 Å². The molecule has 0 aromatic heterocycles. The van der Waals surface area contributed by atoms with Gasteiger partial charge >= 0.3 is 35.5 Å². The number of carboxylic acids is 1. The van der Waals surface area contributed by atoms with Crippen molar-refractivity contribution in [3.05, 3.63) is 29.8 Å². The van der Waals surface area contributed by atoms with E-state index in [1.54, 1.807) is 0 Å². The van der Waals surface area contributed by atoms with E-state index in [2.05, 4.69) is 0 Å². The zero-order valence-electron chi connectivity index (χ0n) is 6.49. The van der Waals surface area contributed by atoms with Crippen molar-refractivity contribution in [3.63, 3.8) is 0 Å². The second-order valence-corrected chi connectivity index (χ2v) is 1.85. The summed E-state index contributed by atoms with van der Waals surface area (Å²) in [6.07, 6.45) is 0. The summed E-state index contributed by atoms with van der Waals surface area (Å²) in [5.74, 6) is -0.912. The Morgan fingerprint density at radius 3 is 1.92 bits per heavy atom. The molecule has 0 aliphatic rings. The minimum atomic E-state index is -0.986. The summed E-state index contributed by atoms with van der Waals surface area (Å²) in [5.41, 5.74) is 0.179. The maximum absolute atomic E-state index is 10.2. The number of aromatic hydroxyl groups is 1. The zero-order chi connectivity index (χ0) is 7.56. The van der Waals surface area contributed by atoms with E-state index >= 15 is 0 Å². The van der Waals surface area contributed by atoms with Gasteiger partial charge in [-0.05, 0) is 24.3 Å². The molecule has 0 heterocycles. The zero-order valence-corrected chi connectivity index (χ0v) is 9.25. The molecule has 2 N–H and O–H groups in total. The molecule has 5 heteroatoms. The number of benzene rings is 1. The molecule has 0 saturated carbocycles. The van der Waals surface area contributed by atoms with Crippen LogP contribution in [0.25, 0.3) is 0 Å². The molecule has 1 aromatic rings. The quantitative estimate of drug-likeness (QED) is 0.443. The molecular formula is C7H6ClNaO3. The number of aromatic carboxylic acids is 1. The molecule has 0 unspecified atom stereocenters. The fraction of sp³-hybridized carbons (Fsp3) is 0. The second-order valence-electron chi connectivity index (χ2n) is 1.85. The number of rotatable bonds is 1. The van der Waals surface area contributed by atoms with Crippen molar-refractivity contribution >= 4 is 5.97 Å². The molecular weight excluding hydrogens is 191 g/mol. The number of phenols is 1. The van der Waals surface area contributed by atoms with E-state index < -0.39 is 5.97 Å². The van der Waals surface area contributed by atoms with Crippen molar-refractivity contribution in [2.24, 2.45) is 0 Å². The summed E-state index contributed by atoms with van der Waals surface area (Å²) in [6, 6.07) is 5.36.